The van der Waals surface area contributed by atoms with Crippen molar-refractivity contribution in [3.63, 3.8) is 0 Å². The van der Waals surface area contributed by atoms with Crippen LogP contribution in [0, 0.1) is 5.82 Å². The van der Waals surface area contributed by atoms with Gasteiger partial charge in [-0.05, 0) is 46.3 Å². The molecule has 5 heteroatoms. The van der Waals surface area contributed by atoms with Crippen LogP contribution in [0.5, 0.6) is 11.5 Å². The zero-order valence-electron chi connectivity index (χ0n) is 10.1. The molecule has 0 heterocycles. The van der Waals surface area contributed by atoms with Crippen LogP contribution in [0.2, 0.25) is 0 Å². The first-order valence-corrected chi connectivity index (χ1v) is 7.09. The van der Waals surface area contributed by atoms with Crippen LogP contribution >= 0.6 is 31.9 Å². The van der Waals surface area contributed by atoms with Gasteiger partial charge in [0.05, 0.1) is 11.6 Å². The number of halogens is 3. The molecule has 19 heavy (non-hydrogen) atoms. The van der Waals surface area contributed by atoms with Gasteiger partial charge in [-0.1, -0.05) is 22.0 Å². The molecular formula is C14H11Br2FO2. The average Bonchev–Trinajstić information content (AvgIpc) is 2.39. The van der Waals surface area contributed by atoms with E-state index in [9.17, 15) is 4.39 Å². The van der Waals surface area contributed by atoms with E-state index in [1.165, 1.54) is 12.1 Å². The monoisotopic (exact) mass is 388 g/mol. The molecule has 0 fully saturated rings. The van der Waals surface area contributed by atoms with Crippen molar-refractivity contribution < 1.29 is 13.9 Å². The molecule has 0 spiro atoms. The lowest BCUT2D eigenvalue weighted by molar-refractivity contribution is 0.302. The fourth-order valence-corrected chi connectivity index (χ4v) is 2.46. The zero-order chi connectivity index (χ0) is 13.8. The van der Waals surface area contributed by atoms with E-state index in [0.29, 0.717) is 16.8 Å². The predicted molar refractivity (Wildman–Crippen MR) is 79.1 cm³/mol. The fourth-order valence-electron chi connectivity index (χ4n) is 1.52. The molecule has 0 aliphatic heterocycles. The second kappa shape index (κ2) is 6.39. The zero-order valence-corrected chi connectivity index (χ0v) is 13.3. The third-order valence-corrected chi connectivity index (χ3v) is 3.90. The number of methoxy groups -OCH3 is 1. The van der Waals surface area contributed by atoms with Crippen LogP contribution in [0.3, 0.4) is 0 Å². The number of hydrogen-bond acceptors (Lipinski definition) is 2. The summed E-state index contributed by atoms with van der Waals surface area (Å²) >= 11 is 6.73. The molecule has 0 radical (unpaired) electrons. The van der Waals surface area contributed by atoms with E-state index in [1.54, 1.807) is 13.2 Å². The Morgan fingerprint density at radius 2 is 1.84 bits per heavy atom. The highest BCUT2D eigenvalue weighted by Crippen LogP contribution is 2.30. The molecule has 0 aliphatic carbocycles. The predicted octanol–water partition coefficient (Wildman–Crippen LogP) is 4.94. The van der Waals surface area contributed by atoms with Crippen LogP contribution in [0.15, 0.2) is 45.3 Å². The molecule has 0 saturated carbocycles. The third kappa shape index (κ3) is 3.70. The second-order valence-corrected chi connectivity index (χ2v) is 5.53. The van der Waals surface area contributed by atoms with E-state index >= 15 is 0 Å². The first-order valence-electron chi connectivity index (χ1n) is 5.50. The highest BCUT2D eigenvalue weighted by molar-refractivity contribution is 9.10. The van der Waals surface area contributed by atoms with Crippen LogP contribution < -0.4 is 9.47 Å². The molecule has 2 rings (SSSR count). The van der Waals surface area contributed by atoms with Crippen LogP contribution in [0.1, 0.15) is 5.56 Å². The summed E-state index contributed by atoms with van der Waals surface area (Å²) in [5.41, 5.74) is 0.879. The summed E-state index contributed by atoms with van der Waals surface area (Å²) in [6.45, 7) is 0.353. The molecule has 0 amide bonds. The lowest BCUT2D eigenvalue weighted by atomic mass is 10.2. The largest absolute Gasteiger partial charge is 0.497 e. The maximum absolute atomic E-state index is 13.0. The molecule has 0 aromatic heterocycles. The van der Waals surface area contributed by atoms with Crippen LogP contribution in [-0.2, 0) is 6.61 Å². The van der Waals surface area contributed by atoms with Gasteiger partial charge < -0.3 is 9.47 Å². The molecule has 0 saturated heterocycles. The summed E-state index contributed by atoms with van der Waals surface area (Å²) in [6, 6.07) is 9.99. The second-order valence-electron chi connectivity index (χ2n) is 3.82. The number of benzene rings is 2. The molecule has 2 aromatic carbocycles. The summed E-state index contributed by atoms with van der Waals surface area (Å²) in [5, 5.41) is 0. The van der Waals surface area contributed by atoms with Gasteiger partial charge in [0.2, 0.25) is 0 Å². The number of hydrogen-bond donors (Lipinski definition) is 0. The van der Waals surface area contributed by atoms with E-state index in [2.05, 4.69) is 31.9 Å². The fraction of sp³-hybridized carbons (Fsp3) is 0.143. The van der Waals surface area contributed by atoms with E-state index in [4.69, 9.17) is 9.47 Å². The van der Waals surface area contributed by atoms with E-state index in [-0.39, 0.29) is 5.82 Å². The first-order chi connectivity index (χ1) is 9.10. The minimum absolute atomic E-state index is 0.277. The third-order valence-electron chi connectivity index (χ3n) is 2.54. The van der Waals surface area contributed by atoms with Crippen LogP contribution in [-0.4, -0.2) is 7.11 Å². The molecule has 100 valence electrons. The number of rotatable bonds is 4. The summed E-state index contributed by atoms with van der Waals surface area (Å²) in [5.74, 6) is 1.18. The molecule has 0 unspecified atom stereocenters. The van der Waals surface area contributed by atoms with Crippen LogP contribution in [0.25, 0.3) is 0 Å². The minimum atomic E-state index is -0.277. The van der Waals surface area contributed by atoms with E-state index < -0.39 is 0 Å². The van der Waals surface area contributed by atoms with Crippen molar-refractivity contribution in [1.29, 1.82) is 0 Å². The van der Waals surface area contributed by atoms with Crippen molar-refractivity contribution >= 4 is 31.9 Å². The Hall–Kier alpha value is -1.07. The van der Waals surface area contributed by atoms with E-state index in [0.717, 1.165) is 15.8 Å². The summed E-state index contributed by atoms with van der Waals surface area (Å²) in [4.78, 5) is 0. The van der Waals surface area contributed by atoms with Crippen molar-refractivity contribution in [2.24, 2.45) is 0 Å². The van der Waals surface area contributed by atoms with Crippen molar-refractivity contribution in [3.8, 4) is 11.5 Å². The number of ether oxygens (including phenoxy) is 2. The lowest BCUT2D eigenvalue weighted by Crippen LogP contribution is -1.97. The van der Waals surface area contributed by atoms with Crippen LogP contribution in [0.4, 0.5) is 4.39 Å². The standard InChI is InChI=1S/C14H11Br2FO2/c1-18-11-4-5-14(13(16)7-11)19-8-9-2-3-10(17)6-12(9)15/h2-7H,8H2,1H3. The van der Waals surface area contributed by atoms with Gasteiger partial charge in [0.15, 0.2) is 0 Å². The summed E-state index contributed by atoms with van der Waals surface area (Å²) in [6.07, 6.45) is 0. The molecule has 0 aliphatic rings. The first kappa shape index (κ1) is 14.3. The Labute approximate surface area is 127 Å². The summed E-state index contributed by atoms with van der Waals surface area (Å²) < 4.78 is 25.3. The Morgan fingerprint density at radius 1 is 1.05 bits per heavy atom. The Balaban J connectivity index is 2.10. The molecular weight excluding hydrogens is 379 g/mol. The highest BCUT2D eigenvalue weighted by Gasteiger charge is 2.06. The Kier molecular flexibility index (Phi) is 4.82. The van der Waals surface area contributed by atoms with Gasteiger partial charge >= 0.3 is 0 Å². The normalized spacial score (nSPS) is 10.3. The van der Waals surface area contributed by atoms with Crippen molar-refractivity contribution in [2.75, 3.05) is 7.11 Å². The molecule has 0 atom stereocenters. The summed E-state index contributed by atoms with van der Waals surface area (Å²) in [7, 11) is 1.61. The highest BCUT2D eigenvalue weighted by atomic mass is 79.9. The van der Waals surface area contributed by atoms with Gasteiger partial charge in [-0.25, -0.2) is 4.39 Å². The maximum Gasteiger partial charge on any atom is 0.134 e. The van der Waals surface area contributed by atoms with Gasteiger partial charge in [0, 0.05) is 10.0 Å². The van der Waals surface area contributed by atoms with Crippen molar-refractivity contribution in [3.05, 3.63) is 56.7 Å². The van der Waals surface area contributed by atoms with Gasteiger partial charge in [0.1, 0.15) is 23.9 Å². The van der Waals surface area contributed by atoms with Crippen molar-refractivity contribution in [1.82, 2.24) is 0 Å². The van der Waals surface area contributed by atoms with E-state index in [1.807, 2.05) is 18.2 Å². The maximum atomic E-state index is 13.0. The molecule has 0 bridgehead atoms. The minimum Gasteiger partial charge on any atom is -0.497 e. The van der Waals surface area contributed by atoms with Gasteiger partial charge in [-0.3, -0.25) is 0 Å². The SMILES string of the molecule is COc1ccc(OCc2ccc(F)cc2Br)c(Br)c1. The van der Waals surface area contributed by atoms with Crippen molar-refractivity contribution in [2.45, 2.75) is 6.61 Å². The molecule has 2 aromatic rings. The molecule has 0 N–H and O–H groups in total. The average molecular weight is 390 g/mol. The smallest absolute Gasteiger partial charge is 0.134 e. The van der Waals surface area contributed by atoms with Gasteiger partial charge in [-0.2, -0.15) is 0 Å². The quantitative estimate of drug-likeness (QED) is 0.737. The topological polar surface area (TPSA) is 18.5 Å². The Morgan fingerprint density at radius 3 is 2.47 bits per heavy atom. The Bertz CT molecular complexity index is 588. The van der Waals surface area contributed by atoms with Gasteiger partial charge in [0.25, 0.3) is 0 Å². The lowest BCUT2D eigenvalue weighted by Gasteiger charge is -2.10. The van der Waals surface area contributed by atoms with Gasteiger partial charge in [-0.15, -0.1) is 0 Å². The molecule has 2 nitrogen and oxygen atoms in total.